The number of nitrogens with zero attached hydrogens (tertiary/aromatic N) is 2. The van der Waals surface area contributed by atoms with Crippen molar-refractivity contribution in [3.63, 3.8) is 0 Å². The molecule has 2 heterocycles. The first-order valence-electron chi connectivity index (χ1n) is 5.66. The SMILES string of the molecule is NC(=O)C1CCCN(Cc2cccnc2)C1. The molecule has 0 spiro atoms. The Morgan fingerprint density at radius 1 is 1.62 bits per heavy atom. The van der Waals surface area contributed by atoms with Crippen LogP contribution in [0.25, 0.3) is 0 Å². The third-order valence-corrected chi connectivity index (χ3v) is 3.04. The molecule has 1 amide bonds. The van der Waals surface area contributed by atoms with Crippen LogP contribution in [0.5, 0.6) is 0 Å². The highest BCUT2D eigenvalue weighted by Crippen LogP contribution is 2.17. The lowest BCUT2D eigenvalue weighted by molar-refractivity contribution is -0.123. The summed E-state index contributed by atoms with van der Waals surface area (Å²) in [5, 5.41) is 0. The molecule has 86 valence electrons. The van der Waals surface area contributed by atoms with Crippen LogP contribution in [0.15, 0.2) is 24.5 Å². The fraction of sp³-hybridized carbons (Fsp3) is 0.500. The number of aromatic nitrogens is 1. The van der Waals surface area contributed by atoms with Gasteiger partial charge in [-0.15, -0.1) is 0 Å². The molecule has 0 bridgehead atoms. The van der Waals surface area contributed by atoms with Crippen molar-refractivity contribution >= 4 is 5.91 Å². The summed E-state index contributed by atoms with van der Waals surface area (Å²) in [6, 6.07) is 3.99. The van der Waals surface area contributed by atoms with Crippen LogP contribution in [0.3, 0.4) is 0 Å². The van der Waals surface area contributed by atoms with Crippen LogP contribution in [0.4, 0.5) is 0 Å². The van der Waals surface area contributed by atoms with Crippen LogP contribution < -0.4 is 5.73 Å². The van der Waals surface area contributed by atoms with Crippen molar-refractivity contribution < 1.29 is 4.79 Å². The van der Waals surface area contributed by atoms with Crippen molar-refractivity contribution in [1.82, 2.24) is 9.88 Å². The maximum absolute atomic E-state index is 11.1. The van der Waals surface area contributed by atoms with Crippen LogP contribution in [-0.2, 0) is 11.3 Å². The third-order valence-electron chi connectivity index (χ3n) is 3.04. The lowest BCUT2D eigenvalue weighted by atomic mass is 9.97. The summed E-state index contributed by atoms with van der Waals surface area (Å²) in [6.45, 7) is 2.68. The Morgan fingerprint density at radius 2 is 2.50 bits per heavy atom. The van der Waals surface area contributed by atoms with E-state index in [1.165, 1.54) is 5.56 Å². The molecule has 4 nitrogen and oxygen atoms in total. The van der Waals surface area contributed by atoms with E-state index in [1.807, 2.05) is 12.3 Å². The molecule has 1 aromatic rings. The predicted molar refractivity (Wildman–Crippen MR) is 61.4 cm³/mol. The van der Waals surface area contributed by atoms with Crippen LogP contribution in [0.2, 0.25) is 0 Å². The smallest absolute Gasteiger partial charge is 0.221 e. The Morgan fingerprint density at radius 3 is 3.19 bits per heavy atom. The first kappa shape index (κ1) is 11.1. The van der Waals surface area contributed by atoms with Gasteiger partial charge in [0.2, 0.25) is 5.91 Å². The normalized spacial score (nSPS) is 21.9. The van der Waals surface area contributed by atoms with Crippen LogP contribution in [-0.4, -0.2) is 28.9 Å². The van der Waals surface area contributed by atoms with E-state index >= 15 is 0 Å². The molecule has 0 saturated carbocycles. The summed E-state index contributed by atoms with van der Waals surface area (Å²) in [5.41, 5.74) is 6.53. The molecule has 1 unspecified atom stereocenters. The number of pyridine rings is 1. The number of primary amides is 1. The average molecular weight is 219 g/mol. The molecule has 1 aliphatic rings. The zero-order chi connectivity index (χ0) is 11.4. The van der Waals surface area contributed by atoms with E-state index in [0.29, 0.717) is 0 Å². The Kier molecular flexibility index (Phi) is 3.51. The van der Waals surface area contributed by atoms with E-state index in [4.69, 9.17) is 5.73 Å². The summed E-state index contributed by atoms with van der Waals surface area (Å²) in [4.78, 5) is 17.5. The molecule has 0 radical (unpaired) electrons. The highest BCUT2D eigenvalue weighted by Gasteiger charge is 2.23. The Labute approximate surface area is 95.5 Å². The number of likely N-dealkylation sites (tertiary alicyclic amines) is 1. The molecule has 0 aromatic carbocycles. The number of amides is 1. The lowest BCUT2D eigenvalue weighted by Gasteiger charge is -2.30. The Bertz CT molecular complexity index is 353. The van der Waals surface area contributed by atoms with Crippen molar-refractivity contribution in [2.45, 2.75) is 19.4 Å². The topological polar surface area (TPSA) is 59.2 Å². The molecule has 16 heavy (non-hydrogen) atoms. The molecule has 1 aromatic heterocycles. The number of carbonyl (C=O) groups excluding carboxylic acids is 1. The fourth-order valence-electron chi connectivity index (χ4n) is 2.18. The molecule has 2 rings (SSSR count). The predicted octanol–water partition coefficient (Wildman–Crippen LogP) is 0.779. The van der Waals surface area contributed by atoms with Crippen LogP contribution in [0.1, 0.15) is 18.4 Å². The number of carbonyl (C=O) groups is 1. The average Bonchev–Trinajstić information content (AvgIpc) is 2.30. The largest absolute Gasteiger partial charge is 0.369 e. The minimum atomic E-state index is -0.170. The zero-order valence-electron chi connectivity index (χ0n) is 9.30. The summed E-state index contributed by atoms with van der Waals surface area (Å²) in [7, 11) is 0. The second-order valence-corrected chi connectivity index (χ2v) is 4.34. The van der Waals surface area contributed by atoms with Gasteiger partial charge in [0.05, 0.1) is 5.92 Å². The van der Waals surface area contributed by atoms with E-state index in [2.05, 4.69) is 16.0 Å². The second-order valence-electron chi connectivity index (χ2n) is 4.34. The second kappa shape index (κ2) is 5.07. The Hall–Kier alpha value is -1.42. The zero-order valence-corrected chi connectivity index (χ0v) is 9.30. The molecule has 2 N–H and O–H groups in total. The number of rotatable bonds is 3. The van der Waals surface area contributed by atoms with Gasteiger partial charge in [-0.05, 0) is 31.0 Å². The molecule has 1 atom stereocenters. The van der Waals surface area contributed by atoms with E-state index in [1.54, 1.807) is 6.20 Å². The maximum Gasteiger partial charge on any atom is 0.221 e. The molecular weight excluding hydrogens is 202 g/mol. The van der Waals surface area contributed by atoms with Gasteiger partial charge in [-0.2, -0.15) is 0 Å². The number of piperidine rings is 1. The molecule has 1 fully saturated rings. The Balaban J connectivity index is 1.93. The van der Waals surface area contributed by atoms with Crippen molar-refractivity contribution in [2.75, 3.05) is 13.1 Å². The van der Waals surface area contributed by atoms with E-state index in [9.17, 15) is 4.79 Å². The first-order chi connectivity index (χ1) is 7.75. The maximum atomic E-state index is 11.1. The lowest BCUT2D eigenvalue weighted by Crippen LogP contribution is -2.40. The van der Waals surface area contributed by atoms with E-state index < -0.39 is 0 Å². The highest BCUT2D eigenvalue weighted by molar-refractivity contribution is 5.76. The van der Waals surface area contributed by atoms with Gasteiger partial charge >= 0.3 is 0 Å². The summed E-state index contributed by atoms with van der Waals surface area (Å²) >= 11 is 0. The highest BCUT2D eigenvalue weighted by atomic mass is 16.1. The molecule has 1 aliphatic heterocycles. The van der Waals surface area contributed by atoms with Crippen LogP contribution in [0, 0.1) is 5.92 Å². The van der Waals surface area contributed by atoms with Crippen molar-refractivity contribution in [2.24, 2.45) is 11.7 Å². The standard InChI is InChI=1S/C12H17N3O/c13-12(16)11-4-2-6-15(9-11)8-10-3-1-5-14-7-10/h1,3,5,7,11H,2,4,6,8-9H2,(H2,13,16). The minimum absolute atomic E-state index is 0.0189. The number of hydrogen-bond acceptors (Lipinski definition) is 3. The summed E-state index contributed by atoms with van der Waals surface area (Å²) < 4.78 is 0. The van der Waals surface area contributed by atoms with Crippen molar-refractivity contribution in [3.05, 3.63) is 30.1 Å². The van der Waals surface area contributed by atoms with Gasteiger partial charge in [0.15, 0.2) is 0 Å². The van der Waals surface area contributed by atoms with Gasteiger partial charge < -0.3 is 5.73 Å². The van der Waals surface area contributed by atoms with Crippen molar-refractivity contribution in [1.29, 1.82) is 0 Å². The van der Waals surface area contributed by atoms with Crippen molar-refractivity contribution in [3.8, 4) is 0 Å². The van der Waals surface area contributed by atoms with Gasteiger partial charge in [0.25, 0.3) is 0 Å². The molecule has 0 aliphatic carbocycles. The molecule has 1 saturated heterocycles. The van der Waals surface area contributed by atoms with E-state index in [-0.39, 0.29) is 11.8 Å². The molecular formula is C12H17N3O. The fourth-order valence-corrected chi connectivity index (χ4v) is 2.18. The van der Waals surface area contributed by atoms with Gasteiger partial charge in [0.1, 0.15) is 0 Å². The third kappa shape index (κ3) is 2.79. The summed E-state index contributed by atoms with van der Waals surface area (Å²) in [6.07, 6.45) is 5.62. The minimum Gasteiger partial charge on any atom is -0.369 e. The summed E-state index contributed by atoms with van der Waals surface area (Å²) in [5.74, 6) is -0.152. The molecule has 4 heteroatoms. The van der Waals surface area contributed by atoms with Gasteiger partial charge in [-0.1, -0.05) is 6.07 Å². The van der Waals surface area contributed by atoms with Gasteiger partial charge in [-0.25, -0.2) is 0 Å². The van der Waals surface area contributed by atoms with Crippen LogP contribution >= 0.6 is 0 Å². The van der Waals surface area contributed by atoms with Gasteiger partial charge in [-0.3, -0.25) is 14.7 Å². The first-order valence-corrected chi connectivity index (χ1v) is 5.66. The van der Waals surface area contributed by atoms with E-state index in [0.717, 1.165) is 32.5 Å². The monoisotopic (exact) mass is 219 g/mol. The quantitative estimate of drug-likeness (QED) is 0.817. The van der Waals surface area contributed by atoms with Gasteiger partial charge in [0, 0.05) is 25.5 Å². The number of hydrogen-bond donors (Lipinski definition) is 1. The number of nitrogens with two attached hydrogens (primary N) is 1.